The van der Waals surface area contributed by atoms with Gasteiger partial charge in [-0.3, -0.25) is 0 Å². The van der Waals surface area contributed by atoms with Crippen LogP contribution in [0.15, 0.2) is 17.0 Å². The summed E-state index contributed by atoms with van der Waals surface area (Å²) in [6.45, 7) is 6.35. The summed E-state index contributed by atoms with van der Waals surface area (Å²) in [6.07, 6.45) is 0. The van der Waals surface area contributed by atoms with Crippen LogP contribution in [0.25, 0.3) is 0 Å². The third kappa shape index (κ3) is 3.06. The third-order valence-corrected chi connectivity index (χ3v) is 3.07. The fourth-order valence-electron chi connectivity index (χ4n) is 1.36. The Hall–Kier alpha value is -0.830. The molecule has 0 aliphatic rings. The Labute approximate surface area is 96.0 Å². The van der Waals surface area contributed by atoms with E-state index in [0.717, 1.165) is 22.0 Å². The van der Waals surface area contributed by atoms with Crippen molar-refractivity contribution in [3.8, 4) is 11.5 Å². The summed E-state index contributed by atoms with van der Waals surface area (Å²) in [4.78, 5) is 1.08. The summed E-state index contributed by atoms with van der Waals surface area (Å²) in [5, 5.41) is 0.510. The van der Waals surface area contributed by atoms with Gasteiger partial charge in [0.05, 0.1) is 19.1 Å². The van der Waals surface area contributed by atoms with Crippen molar-refractivity contribution in [2.24, 2.45) is 0 Å². The molecule has 0 atom stereocenters. The van der Waals surface area contributed by atoms with E-state index >= 15 is 0 Å². The van der Waals surface area contributed by atoms with Gasteiger partial charge in [0.1, 0.15) is 11.5 Å². The minimum absolute atomic E-state index is 0.510. The van der Waals surface area contributed by atoms with Crippen LogP contribution in [0.5, 0.6) is 11.5 Å². The van der Waals surface area contributed by atoms with E-state index in [9.17, 15) is 0 Å². The maximum absolute atomic E-state index is 5.37. The zero-order valence-electron chi connectivity index (χ0n) is 9.96. The lowest BCUT2D eigenvalue weighted by molar-refractivity contribution is 0.376. The van der Waals surface area contributed by atoms with Crippen LogP contribution in [-0.4, -0.2) is 19.5 Å². The molecular formula is C12H18O2S. The van der Waals surface area contributed by atoms with Gasteiger partial charge in [-0.15, -0.1) is 11.8 Å². The molecule has 84 valence electrons. The lowest BCUT2D eigenvalue weighted by atomic mass is 10.2. The molecule has 3 heteroatoms. The van der Waals surface area contributed by atoms with Gasteiger partial charge >= 0.3 is 0 Å². The van der Waals surface area contributed by atoms with Crippen LogP contribution in [0, 0.1) is 6.92 Å². The normalized spacial score (nSPS) is 10.5. The van der Waals surface area contributed by atoms with E-state index in [1.165, 1.54) is 0 Å². The van der Waals surface area contributed by atoms with Crippen LogP contribution < -0.4 is 9.47 Å². The van der Waals surface area contributed by atoms with Gasteiger partial charge in [0, 0.05) is 5.25 Å². The Morgan fingerprint density at radius 2 is 1.53 bits per heavy atom. The summed E-state index contributed by atoms with van der Waals surface area (Å²) in [6, 6.07) is 4.07. The molecule has 0 fully saturated rings. The number of aryl methyl sites for hydroxylation is 1. The van der Waals surface area contributed by atoms with Gasteiger partial charge in [0.2, 0.25) is 0 Å². The second-order valence-corrected chi connectivity index (χ2v) is 5.25. The number of methoxy groups -OCH3 is 2. The van der Waals surface area contributed by atoms with E-state index < -0.39 is 0 Å². The SMILES string of the molecule is COc1cc(C)cc(OC)c1SC(C)C. The smallest absolute Gasteiger partial charge is 0.136 e. The fourth-order valence-corrected chi connectivity index (χ4v) is 2.35. The molecule has 1 aromatic carbocycles. The first kappa shape index (κ1) is 12.2. The highest BCUT2D eigenvalue weighted by Crippen LogP contribution is 2.40. The molecule has 0 saturated carbocycles. The van der Waals surface area contributed by atoms with Crippen LogP contribution in [0.2, 0.25) is 0 Å². The molecule has 0 unspecified atom stereocenters. The van der Waals surface area contributed by atoms with Crippen molar-refractivity contribution < 1.29 is 9.47 Å². The van der Waals surface area contributed by atoms with E-state index in [0.29, 0.717) is 5.25 Å². The first-order chi connectivity index (χ1) is 7.08. The average molecular weight is 226 g/mol. The number of rotatable bonds is 4. The maximum atomic E-state index is 5.37. The topological polar surface area (TPSA) is 18.5 Å². The van der Waals surface area contributed by atoms with Crippen molar-refractivity contribution in [3.63, 3.8) is 0 Å². The molecule has 0 aromatic heterocycles. The number of hydrogen-bond acceptors (Lipinski definition) is 3. The summed E-state index contributed by atoms with van der Waals surface area (Å²) < 4.78 is 10.7. The fraction of sp³-hybridized carbons (Fsp3) is 0.500. The highest BCUT2D eigenvalue weighted by atomic mass is 32.2. The van der Waals surface area contributed by atoms with Gasteiger partial charge in [0.15, 0.2) is 0 Å². The van der Waals surface area contributed by atoms with E-state index in [4.69, 9.17) is 9.47 Å². The van der Waals surface area contributed by atoms with E-state index in [-0.39, 0.29) is 0 Å². The number of ether oxygens (including phenoxy) is 2. The molecule has 1 aromatic rings. The molecule has 0 radical (unpaired) electrons. The zero-order chi connectivity index (χ0) is 11.4. The molecule has 0 saturated heterocycles. The Morgan fingerprint density at radius 1 is 1.07 bits per heavy atom. The molecule has 0 heterocycles. The second-order valence-electron chi connectivity index (χ2n) is 3.67. The van der Waals surface area contributed by atoms with Crippen LogP contribution in [-0.2, 0) is 0 Å². The summed E-state index contributed by atoms with van der Waals surface area (Å²) in [7, 11) is 3.39. The Kier molecular flexibility index (Phi) is 4.33. The highest BCUT2D eigenvalue weighted by Gasteiger charge is 2.13. The molecule has 2 nitrogen and oxygen atoms in total. The van der Waals surface area contributed by atoms with Crippen LogP contribution in [0.3, 0.4) is 0 Å². The third-order valence-electron chi connectivity index (χ3n) is 1.96. The molecule has 0 aliphatic heterocycles. The molecule has 0 aliphatic carbocycles. The van der Waals surface area contributed by atoms with Gasteiger partial charge in [-0.25, -0.2) is 0 Å². The van der Waals surface area contributed by atoms with Crippen molar-refractivity contribution in [1.29, 1.82) is 0 Å². The summed E-state index contributed by atoms with van der Waals surface area (Å²) >= 11 is 1.76. The first-order valence-corrected chi connectivity index (χ1v) is 5.85. The van der Waals surface area contributed by atoms with E-state index in [2.05, 4.69) is 13.8 Å². The van der Waals surface area contributed by atoms with Crippen LogP contribution in [0.1, 0.15) is 19.4 Å². The standard InChI is InChI=1S/C12H18O2S/c1-8(2)15-12-10(13-4)6-9(3)7-11(12)14-5/h6-8H,1-5H3. The van der Waals surface area contributed by atoms with Crippen molar-refractivity contribution in [1.82, 2.24) is 0 Å². The largest absolute Gasteiger partial charge is 0.495 e. The van der Waals surface area contributed by atoms with Gasteiger partial charge in [0.25, 0.3) is 0 Å². The quantitative estimate of drug-likeness (QED) is 0.732. The molecule has 0 amide bonds. The predicted molar refractivity (Wildman–Crippen MR) is 65.3 cm³/mol. The molecule has 0 N–H and O–H groups in total. The lowest BCUT2D eigenvalue weighted by Crippen LogP contribution is -1.96. The lowest BCUT2D eigenvalue weighted by Gasteiger charge is -2.15. The Morgan fingerprint density at radius 3 is 1.87 bits per heavy atom. The van der Waals surface area contributed by atoms with Crippen LogP contribution >= 0.6 is 11.8 Å². The zero-order valence-corrected chi connectivity index (χ0v) is 10.8. The molecule has 0 bridgehead atoms. The Balaban J connectivity index is 3.18. The molecule has 0 spiro atoms. The summed E-state index contributed by atoms with van der Waals surface area (Å²) in [5.41, 5.74) is 1.15. The second kappa shape index (κ2) is 5.31. The number of thioether (sulfide) groups is 1. The minimum Gasteiger partial charge on any atom is -0.495 e. The van der Waals surface area contributed by atoms with Gasteiger partial charge < -0.3 is 9.47 Å². The van der Waals surface area contributed by atoms with Crippen LogP contribution in [0.4, 0.5) is 0 Å². The maximum Gasteiger partial charge on any atom is 0.136 e. The van der Waals surface area contributed by atoms with Crippen molar-refractivity contribution in [2.75, 3.05) is 14.2 Å². The van der Waals surface area contributed by atoms with Crippen molar-refractivity contribution >= 4 is 11.8 Å². The average Bonchev–Trinajstić information content (AvgIpc) is 2.19. The first-order valence-electron chi connectivity index (χ1n) is 4.97. The number of hydrogen-bond donors (Lipinski definition) is 0. The molecule has 1 rings (SSSR count). The minimum atomic E-state index is 0.510. The Bertz CT molecular complexity index is 309. The van der Waals surface area contributed by atoms with Crippen molar-refractivity contribution in [3.05, 3.63) is 17.7 Å². The molecule has 15 heavy (non-hydrogen) atoms. The van der Waals surface area contributed by atoms with Gasteiger partial charge in [-0.05, 0) is 24.6 Å². The molecular weight excluding hydrogens is 208 g/mol. The van der Waals surface area contributed by atoms with E-state index in [1.807, 2.05) is 19.1 Å². The van der Waals surface area contributed by atoms with Crippen molar-refractivity contribution in [2.45, 2.75) is 30.9 Å². The summed E-state index contributed by atoms with van der Waals surface area (Å²) in [5.74, 6) is 1.79. The number of benzene rings is 1. The predicted octanol–water partition coefficient (Wildman–Crippen LogP) is 3.51. The van der Waals surface area contributed by atoms with Gasteiger partial charge in [-0.2, -0.15) is 0 Å². The highest BCUT2D eigenvalue weighted by molar-refractivity contribution is 8.00. The van der Waals surface area contributed by atoms with Gasteiger partial charge in [-0.1, -0.05) is 13.8 Å². The van der Waals surface area contributed by atoms with E-state index in [1.54, 1.807) is 26.0 Å². The monoisotopic (exact) mass is 226 g/mol.